The predicted octanol–water partition coefficient (Wildman–Crippen LogP) is 2.36. The fourth-order valence-electron chi connectivity index (χ4n) is 3.37. The number of benzene rings is 1. The van der Waals surface area contributed by atoms with E-state index in [9.17, 15) is 4.79 Å². The largest absolute Gasteiger partial charge is 0.482 e. The highest BCUT2D eigenvalue weighted by molar-refractivity contribution is 6.32. The molecule has 3 N–H and O–H groups in total. The molecule has 132 valence electrons. The van der Waals surface area contributed by atoms with Crippen molar-refractivity contribution >= 4 is 17.5 Å². The Balaban J connectivity index is 1.43. The van der Waals surface area contributed by atoms with Gasteiger partial charge in [-0.1, -0.05) is 17.7 Å². The Labute approximate surface area is 151 Å². The van der Waals surface area contributed by atoms with Gasteiger partial charge in [-0.15, -0.1) is 0 Å². The molecule has 1 aromatic heterocycles. The maximum atomic E-state index is 10.8. The monoisotopic (exact) mass is 360 g/mol. The summed E-state index contributed by atoms with van der Waals surface area (Å²) in [5.74, 6) is 0.628. The predicted molar refractivity (Wildman–Crippen MR) is 94.5 cm³/mol. The number of hydrogen-bond acceptors (Lipinski definition) is 4. The third-order valence-electron chi connectivity index (χ3n) is 4.78. The Morgan fingerprint density at radius 3 is 3.00 bits per heavy atom. The van der Waals surface area contributed by atoms with Crippen molar-refractivity contribution in [3.05, 3.63) is 45.7 Å². The van der Waals surface area contributed by atoms with Crippen molar-refractivity contribution in [2.45, 2.75) is 38.3 Å². The van der Waals surface area contributed by atoms with Gasteiger partial charge in [-0.25, -0.2) is 0 Å². The van der Waals surface area contributed by atoms with Gasteiger partial charge >= 0.3 is 0 Å². The normalized spacial score (nSPS) is 17.3. The number of nitrogens with two attached hydrogens (primary N) is 1. The van der Waals surface area contributed by atoms with Crippen molar-refractivity contribution < 1.29 is 9.53 Å². The summed E-state index contributed by atoms with van der Waals surface area (Å²) in [7, 11) is 0. The quantitative estimate of drug-likeness (QED) is 0.828. The molecule has 2 aromatic rings. The van der Waals surface area contributed by atoms with Gasteiger partial charge in [-0.2, -0.15) is 5.10 Å². The molecule has 7 heteroatoms. The summed E-state index contributed by atoms with van der Waals surface area (Å²) in [5, 5.41) is 8.25. The lowest BCUT2D eigenvalue weighted by Gasteiger charge is -2.27. The smallest absolute Gasteiger partial charge is 0.255 e. The third kappa shape index (κ3) is 3.65. The molecule has 1 fully saturated rings. The number of H-pyrrole nitrogens is 1. The Kier molecular flexibility index (Phi) is 4.39. The van der Waals surface area contributed by atoms with E-state index in [0.29, 0.717) is 16.7 Å². The second-order valence-electron chi connectivity index (χ2n) is 6.82. The van der Waals surface area contributed by atoms with Gasteiger partial charge in [0.2, 0.25) is 0 Å². The molecule has 1 aliphatic heterocycles. The average Bonchev–Trinajstić information content (AvgIpc) is 3.34. The first-order valence-electron chi connectivity index (χ1n) is 8.58. The topological polar surface area (TPSA) is 84.2 Å². The fourth-order valence-corrected chi connectivity index (χ4v) is 3.63. The number of hydrogen-bond donors (Lipinski definition) is 2. The van der Waals surface area contributed by atoms with Crippen LogP contribution in [0.25, 0.3) is 0 Å². The van der Waals surface area contributed by atoms with E-state index in [-0.39, 0.29) is 6.61 Å². The van der Waals surface area contributed by atoms with Gasteiger partial charge in [-0.3, -0.25) is 14.8 Å². The number of aromatic amines is 1. The second-order valence-corrected chi connectivity index (χ2v) is 7.23. The zero-order chi connectivity index (χ0) is 17.4. The molecule has 0 unspecified atom stereocenters. The van der Waals surface area contributed by atoms with Crippen molar-refractivity contribution in [2.24, 2.45) is 5.73 Å². The van der Waals surface area contributed by atoms with Crippen molar-refractivity contribution in [2.75, 3.05) is 13.2 Å². The first-order valence-corrected chi connectivity index (χ1v) is 8.96. The van der Waals surface area contributed by atoms with Crippen LogP contribution >= 0.6 is 11.6 Å². The van der Waals surface area contributed by atoms with Crippen LogP contribution in [0.3, 0.4) is 0 Å². The lowest BCUT2D eigenvalue weighted by atomic mass is 10.0. The molecule has 1 aliphatic carbocycles. The highest BCUT2D eigenvalue weighted by Gasteiger charge is 2.32. The summed E-state index contributed by atoms with van der Waals surface area (Å²) in [5.41, 5.74) is 10.2. The van der Waals surface area contributed by atoms with Gasteiger partial charge in [0.25, 0.3) is 5.91 Å². The average molecular weight is 361 g/mol. The zero-order valence-corrected chi connectivity index (χ0v) is 14.7. The van der Waals surface area contributed by atoms with Crippen molar-refractivity contribution in [1.82, 2.24) is 15.1 Å². The van der Waals surface area contributed by atoms with Gasteiger partial charge in [0.15, 0.2) is 6.61 Å². The van der Waals surface area contributed by atoms with E-state index in [2.05, 4.69) is 15.1 Å². The minimum Gasteiger partial charge on any atom is -0.482 e. The zero-order valence-electron chi connectivity index (χ0n) is 13.9. The van der Waals surface area contributed by atoms with Crippen LogP contribution in [0, 0.1) is 0 Å². The molecule has 1 amide bonds. The van der Waals surface area contributed by atoms with E-state index < -0.39 is 5.91 Å². The number of aromatic nitrogens is 2. The molecule has 0 saturated heterocycles. The highest BCUT2D eigenvalue weighted by Crippen LogP contribution is 2.42. The van der Waals surface area contributed by atoms with E-state index in [0.717, 1.165) is 31.6 Å². The highest BCUT2D eigenvalue weighted by atomic mass is 35.5. The number of fused-ring (bicyclic) bond motifs is 1. The number of ether oxygens (including phenoxy) is 1. The van der Waals surface area contributed by atoms with Crippen LogP contribution in [0.2, 0.25) is 5.02 Å². The van der Waals surface area contributed by atoms with E-state index >= 15 is 0 Å². The number of nitrogens with zero attached hydrogens (tertiary/aromatic N) is 2. The van der Waals surface area contributed by atoms with Crippen LogP contribution in [0.4, 0.5) is 0 Å². The van der Waals surface area contributed by atoms with Crippen LogP contribution in [0.15, 0.2) is 18.2 Å². The number of nitrogens with one attached hydrogen (secondary N) is 1. The minimum absolute atomic E-state index is 0.168. The number of carbonyl (C=O) groups is 1. The van der Waals surface area contributed by atoms with Crippen molar-refractivity contribution in [3.8, 4) is 5.75 Å². The van der Waals surface area contributed by atoms with E-state index in [1.807, 2.05) is 12.1 Å². The SMILES string of the molecule is NC(=O)COc1ccc(CN2CCc3[nH]nc(C4CC4)c3C2)cc1Cl. The Hall–Kier alpha value is -2.05. The molecule has 2 heterocycles. The number of halogens is 1. The van der Waals surface area contributed by atoms with E-state index in [4.69, 9.17) is 22.1 Å². The van der Waals surface area contributed by atoms with Crippen molar-refractivity contribution in [1.29, 1.82) is 0 Å². The van der Waals surface area contributed by atoms with Crippen LogP contribution in [0.5, 0.6) is 5.75 Å². The molecule has 4 rings (SSSR count). The van der Waals surface area contributed by atoms with Crippen molar-refractivity contribution in [3.63, 3.8) is 0 Å². The maximum Gasteiger partial charge on any atom is 0.255 e. The molecule has 0 spiro atoms. The van der Waals surface area contributed by atoms with Gasteiger partial charge < -0.3 is 10.5 Å². The molecular weight excluding hydrogens is 340 g/mol. The Bertz CT molecular complexity index is 800. The summed E-state index contributed by atoms with van der Waals surface area (Å²) in [4.78, 5) is 13.2. The molecule has 1 saturated carbocycles. The second kappa shape index (κ2) is 6.69. The number of rotatable bonds is 6. The molecule has 0 radical (unpaired) electrons. The van der Waals surface area contributed by atoms with Crippen LogP contribution in [-0.2, 0) is 24.3 Å². The number of carbonyl (C=O) groups excluding carboxylic acids is 1. The molecule has 1 aromatic carbocycles. The summed E-state index contributed by atoms with van der Waals surface area (Å²) in [6, 6.07) is 5.67. The lowest BCUT2D eigenvalue weighted by Crippen LogP contribution is -2.30. The summed E-state index contributed by atoms with van der Waals surface area (Å²) < 4.78 is 5.30. The third-order valence-corrected chi connectivity index (χ3v) is 5.08. The van der Waals surface area contributed by atoms with E-state index in [1.54, 1.807) is 6.07 Å². The van der Waals surface area contributed by atoms with E-state index in [1.165, 1.54) is 29.8 Å². The molecule has 2 aliphatic rings. The summed E-state index contributed by atoms with van der Waals surface area (Å²) >= 11 is 6.26. The number of primary amides is 1. The molecule has 25 heavy (non-hydrogen) atoms. The first-order chi connectivity index (χ1) is 12.1. The summed E-state index contributed by atoms with van der Waals surface area (Å²) in [6.07, 6.45) is 3.53. The number of amides is 1. The molecule has 0 atom stereocenters. The minimum atomic E-state index is -0.518. The Morgan fingerprint density at radius 2 is 2.28 bits per heavy atom. The van der Waals surface area contributed by atoms with Gasteiger partial charge in [-0.05, 0) is 30.5 Å². The summed E-state index contributed by atoms with van der Waals surface area (Å²) in [6.45, 7) is 2.58. The van der Waals surface area contributed by atoms with Crippen LogP contribution in [-0.4, -0.2) is 34.2 Å². The molecule has 0 bridgehead atoms. The lowest BCUT2D eigenvalue weighted by molar-refractivity contribution is -0.119. The van der Waals surface area contributed by atoms with Gasteiger partial charge in [0.1, 0.15) is 5.75 Å². The van der Waals surface area contributed by atoms with Crippen LogP contribution in [0.1, 0.15) is 41.3 Å². The maximum absolute atomic E-state index is 10.8. The molecular formula is C18H21ClN4O2. The van der Waals surface area contributed by atoms with Gasteiger partial charge in [0, 0.05) is 43.2 Å². The van der Waals surface area contributed by atoms with Crippen LogP contribution < -0.4 is 10.5 Å². The van der Waals surface area contributed by atoms with Gasteiger partial charge in [0.05, 0.1) is 10.7 Å². The Morgan fingerprint density at radius 1 is 1.44 bits per heavy atom. The first kappa shape index (κ1) is 16.4. The fraction of sp³-hybridized carbons (Fsp3) is 0.444. The molecule has 6 nitrogen and oxygen atoms in total. The standard InChI is InChI=1S/C18H21ClN4O2/c19-14-7-11(1-4-16(14)25-10-17(20)24)8-23-6-5-15-13(9-23)18(22-21-15)12-2-3-12/h1,4,7,12H,2-3,5-6,8-10H2,(H2,20,24)(H,21,22).